The second-order valence-corrected chi connectivity index (χ2v) is 1.43. The van der Waals surface area contributed by atoms with Gasteiger partial charge in [0.15, 0.2) is 0 Å². The highest BCUT2D eigenvalue weighted by molar-refractivity contribution is 5.14. The van der Waals surface area contributed by atoms with Crippen LogP contribution in [0.1, 0.15) is 6.92 Å². The van der Waals surface area contributed by atoms with Gasteiger partial charge in [-0.1, -0.05) is 0 Å². The van der Waals surface area contributed by atoms with Crippen LogP contribution >= 0.6 is 0 Å². The summed E-state index contributed by atoms with van der Waals surface area (Å²) in [6, 6.07) is 0. The van der Waals surface area contributed by atoms with Crippen molar-refractivity contribution >= 4 is 6.72 Å². The van der Waals surface area contributed by atoms with Crippen LogP contribution in [-0.2, 0) is 0 Å². The van der Waals surface area contributed by atoms with Gasteiger partial charge in [0.25, 0.3) is 0 Å². The molecule has 0 aliphatic rings. The van der Waals surface area contributed by atoms with E-state index < -0.39 is 11.4 Å². The Bertz CT molecular complexity index is 92.5. The highest BCUT2D eigenvalue weighted by atomic mass is 16.8. The molecule has 2 atom stereocenters. The zero-order valence-electron chi connectivity index (χ0n) is 4.50. The van der Waals surface area contributed by atoms with Gasteiger partial charge in [-0.05, 0) is 0 Å². The maximum absolute atomic E-state index is 10.0. The second-order valence-electron chi connectivity index (χ2n) is 1.43. The first-order valence-electron chi connectivity index (χ1n) is 2.05. The monoisotopic (exact) mass is 120 g/mol. The summed E-state index contributed by atoms with van der Waals surface area (Å²) in [5.74, 6) is 0. The van der Waals surface area contributed by atoms with Crippen LogP contribution in [0.15, 0.2) is 0 Å². The molecule has 0 fully saturated rings. The first-order chi connectivity index (χ1) is 3.55. The number of nitrogens with zero attached hydrogens (tertiary/aromatic N) is 1. The van der Waals surface area contributed by atoms with Gasteiger partial charge in [0.1, 0.15) is 6.72 Å². The lowest BCUT2D eigenvalue weighted by Gasteiger charge is -2.17. The fraction of sp³-hybridized carbons (Fsp3) is 0.667. The van der Waals surface area contributed by atoms with Gasteiger partial charge in [0.2, 0.25) is 0 Å². The van der Waals surface area contributed by atoms with Crippen molar-refractivity contribution in [1.82, 2.24) is 0 Å². The summed E-state index contributed by atoms with van der Waals surface area (Å²) in [5.41, 5.74) is 0. The first-order valence-corrected chi connectivity index (χ1v) is 2.05. The van der Waals surface area contributed by atoms with Crippen molar-refractivity contribution in [3.05, 3.63) is 10.4 Å². The lowest BCUT2D eigenvalue weighted by Crippen LogP contribution is -3.09. The molecule has 0 aromatic rings. The average Bonchev–Trinajstić information content (AvgIpc) is 1.64. The molecule has 0 aliphatic heterocycles. The lowest BCUT2D eigenvalue weighted by molar-refractivity contribution is -1.12. The van der Waals surface area contributed by atoms with E-state index in [2.05, 4.69) is 6.72 Å². The Labute approximate surface area is 46.6 Å². The molecule has 0 aliphatic carbocycles. The SMILES string of the molecule is C=[N+]([O-])C(C)[NH+]([O-])O. The Kier molecular flexibility index (Phi) is 2.40. The third-order valence-corrected chi connectivity index (χ3v) is 0.789. The fourth-order valence-corrected chi connectivity index (χ4v) is 0.123. The molecule has 2 unspecified atom stereocenters. The Morgan fingerprint density at radius 2 is 2.25 bits per heavy atom. The molecular formula is C3H8N2O3. The maximum atomic E-state index is 10.0. The normalized spacial score (nSPS) is 17.4. The molecule has 0 spiro atoms. The zero-order chi connectivity index (χ0) is 6.73. The van der Waals surface area contributed by atoms with E-state index in [1.807, 2.05) is 0 Å². The van der Waals surface area contributed by atoms with Gasteiger partial charge >= 0.3 is 6.17 Å². The largest absolute Gasteiger partial charge is 0.620 e. The van der Waals surface area contributed by atoms with Gasteiger partial charge in [-0.2, -0.15) is 9.97 Å². The molecule has 0 aromatic heterocycles. The predicted octanol–water partition coefficient (Wildman–Crippen LogP) is -1.68. The topological polar surface area (TPSA) is 73.8 Å². The number of hydroxylamine groups is 3. The van der Waals surface area contributed by atoms with Crippen molar-refractivity contribution in [2.75, 3.05) is 0 Å². The summed E-state index contributed by atoms with van der Waals surface area (Å²) in [7, 11) is 0. The molecule has 0 rings (SSSR count). The fourth-order valence-electron chi connectivity index (χ4n) is 0.123. The summed E-state index contributed by atoms with van der Waals surface area (Å²) in [6.07, 6.45) is -1.05. The van der Waals surface area contributed by atoms with Crippen molar-refractivity contribution < 1.29 is 15.2 Å². The summed E-state index contributed by atoms with van der Waals surface area (Å²) in [5, 5.41) is 26.8. The molecule has 8 heavy (non-hydrogen) atoms. The average molecular weight is 120 g/mol. The number of rotatable bonds is 2. The summed E-state index contributed by atoms with van der Waals surface area (Å²) in [6.45, 7) is 4.12. The van der Waals surface area contributed by atoms with Crippen molar-refractivity contribution in [2.24, 2.45) is 0 Å². The molecule has 48 valence electrons. The standard InChI is InChI=1S/C3H8N2O3/c1-3(4(2)6)5(7)8/h3,5,7H,2H2,1H3. The predicted molar refractivity (Wildman–Crippen MR) is 26.3 cm³/mol. The van der Waals surface area contributed by atoms with Gasteiger partial charge in [0, 0.05) is 0 Å². The molecule has 0 radical (unpaired) electrons. The first kappa shape index (κ1) is 7.35. The lowest BCUT2D eigenvalue weighted by atomic mass is 10.6. The third-order valence-electron chi connectivity index (χ3n) is 0.789. The van der Waals surface area contributed by atoms with Crippen LogP contribution in [-0.4, -0.2) is 22.8 Å². The van der Waals surface area contributed by atoms with E-state index in [-0.39, 0.29) is 4.74 Å². The van der Waals surface area contributed by atoms with Crippen molar-refractivity contribution in [3.63, 3.8) is 0 Å². The summed E-state index contributed by atoms with van der Waals surface area (Å²) < 4.78 is 0.141. The van der Waals surface area contributed by atoms with E-state index >= 15 is 0 Å². The molecule has 5 nitrogen and oxygen atoms in total. The summed E-state index contributed by atoms with van der Waals surface area (Å²) in [4.78, 5) is 0. The van der Waals surface area contributed by atoms with Crippen LogP contribution in [0.2, 0.25) is 0 Å². The number of nitrogens with one attached hydrogen (secondary N) is 1. The summed E-state index contributed by atoms with van der Waals surface area (Å²) >= 11 is 0. The smallest absolute Gasteiger partial charge is 0.313 e. The molecule has 0 aromatic carbocycles. The zero-order valence-corrected chi connectivity index (χ0v) is 4.50. The second kappa shape index (κ2) is 2.61. The Hall–Kier alpha value is -0.650. The van der Waals surface area contributed by atoms with Crippen molar-refractivity contribution in [3.8, 4) is 0 Å². The van der Waals surface area contributed by atoms with Gasteiger partial charge in [-0.3, -0.25) is 0 Å². The van der Waals surface area contributed by atoms with Crippen LogP contribution in [0.3, 0.4) is 0 Å². The minimum atomic E-state index is -1.16. The molecule has 5 heteroatoms. The third kappa shape index (κ3) is 1.87. The van der Waals surface area contributed by atoms with Gasteiger partial charge < -0.3 is 10.4 Å². The van der Waals surface area contributed by atoms with Gasteiger partial charge in [0.05, 0.1) is 6.92 Å². The number of hydrogen-bond acceptors (Lipinski definition) is 3. The minimum Gasteiger partial charge on any atom is -0.620 e. The molecule has 0 bridgehead atoms. The van der Waals surface area contributed by atoms with E-state index in [1.54, 1.807) is 0 Å². The van der Waals surface area contributed by atoms with Gasteiger partial charge in [-0.25, -0.2) is 5.21 Å². The quantitative estimate of drug-likeness (QED) is 0.150. The number of hydrogen-bond donors (Lipinski definition) is 2. The highest BCUT2D eigenvalue weighted by Crippen LogP contribution is 1.69. The minimum absolute atomic E-state index is 0.141. The molecular weight excluding hydrogens is 112 g/mol. The molecule has 2 N–H and O–H groups in total. The van der Waals surface area contributed by atoms with E-state index in [9.17, 15) is 10.4 Å². The van der Waals surface area contributed by atoms with Crippen molar-refractivity contribution in [1.29, 1.82) is 0 Å². The van der Waals surface area contributed by atoms with E-state index in [0.717, 1.165) is 0 Å². The maximum Gasteiger partial charge on any atom is 0.313 e. The highest BCUT2D eigenvalue weighted by Gasteiger charge is 2.10. The molecule has 0 heterocycles. The molecule has 0 saturated carbocycles. The Balaban J connectivity index is 3.64. The molecule has 0 saturated heterocycles. The van der Waals surface area contributed by atoms with Crippen LogP contribution < -0.4 is 5.23 Å². The van der Waals surface area contributed by atoms with Crippen molar-refractivity contribution in [2.45, 2.75) is 13.1 Å². The van der Waals surface area contributed by atoms with E-state index in [1.165, 1.54) is 6.92 Å². The van der Waals surface area contributed by atoms with E-state index in [0.29, 0.717) is 0 Å². The Morgan fingerprint density at radius 1 is 1.88 bits per heavy atom. The number of quaternary nitrogens is 1. The van der Waals surface area contributed by atoms with Gasteiger partial charge in [-0.15, -0.1) is 0 Å². The molecule has 0 amide bonds. The Morgan fingerprint density at radius 3 is 2.25 bits per heavy atom. The van der Waals surface area contributed by atoms with E-state index in [4.69, 9.17) is 5.21 Å². The van der Waals surface area contributed by atoms with Crippen LogP contribution in [0.25, 0.3) is 0 Å². The van der Waals surface area contributed by atoms with Crippen LogP contribution in [0.5, 0.6) is 0 Å². The van der Waals surface area contributed by atoms with Crippen LogP contribution in [0, 0.1) is 10.4 Å². The van der Waals surface area contributed by atoms with Crippen LogP contribution in [0.4, 0.5) is 0 Å².